The van der Waals surface area contributed by atoms with Gasteiger partial charge in [0.2, 0.25) is 0 Å². The molecule has 3 heterocycles. The lowest BCUT2D eigenvalue weighted by molar-refractivity contribution is 0.971. The average molecular weight is 315 g/mol. The Morgan fingerprint density at radius 1 is 1.19 bits per heavy atom. The Balaban J connectivity index is 2.03. The van der Waals surface area contributed by atoms with Crippen molar-refractivity contribution >= 4 is 44.3 Å². The van der Waals surface area contributed by atoms with Gasteiger partial charge in [0.1, 0.15) is 11.3 Å². The van der Waals surface area contributed by atoms with Gasteiger partial charge in [0.25, 0.3) is 0 Å². The highest BCUT2D eigenvalue weighted by atomic mass is 35.5. The van der Waals surface area contributed by atoms with Gasteiger partial charge in [-0.25, -0.2) is 15.0 Å². The molecule has 4 nitrogen and oxygen atoms in total. The van der Waals surface area contributed by atoms with Gasteiger partial charge in [-0.1, -0.05) is 0 Å². The number of rotatable bonds is 2. The van der Waals surface area contributed by atoms with E-state index in [2.05, 4.69) is 21.0 Å². The number of imidazole rings is 1. The summed E-state index contributed by atoms with van der Waals surface area (Å²) in [5.74, 6) is 1.14. The molecule has 0 atom stereocenters. The minimum Gasteiger partial charge on any atom is -0.280 e. The first-order chi connectivity index (χ1) is 10.3. The average Bonchev–Trinajstić information content (AvgIpc) is 3.09. The van der Waals surface area contributed by atoms with E-state index in [1.807, 2.05) is 41.4 Å². The van der Waals surface area contributed by atoms with Gasteiger partial charge in [-0.2, -0.15) is 0 Å². The number of pyridine rings is 1. The second kappa shape index (κ2) is 4.79. The fourth-order valence-electron chi connectivity index (χ4n) is 2.46. The first kappa shape index (κ1) is 12.7. The largest absolute Gasteiger partial charge is 0.280 e. The van der Waals surface area contributed by atoms with E-state index in [0.29, 0.717) is 5.88 Å². The van der Waals surface area contributed by atoms with Crippen molar-refractivity contribution in [3.05, 3.63) is 47.4 Å². The number of fused-ring (bicyclic) bond motifs is 2. The summed E-state index contributed by atoms with van der Waals surface area (Å²) < 4.78 is 3.16. The van der Waals surface area contributed by atoms with Gasteiger partial charge in [-0.3, -0.25) is 4.57 Å². The number of benzene rings is 1. The molecule has 0 saturated heterocycles. The minimum absolute atomic E-state index is 0.343. The van der Waals surface area contributed by atoms with Crippen LogP contribution in [0.5, 0.6) is 0 Å². The van der Waals surface area contributed by atoms with Crippen molar-refractivity contribution in [3.8, 4) is 5.69 Å². The first-order valence-corrected chi connectivity index (χ1v) is 7.91. The molecule has 0 radical (unpaired) electrons. The topological polar surface area (TPSA) is 43.6 Å². The van der Waals surface area contributed by atoms with Crippen molar-refractivity contribution in [2.45, 2.75) is 12.8 Å². The van der Waals surface area contributed by atoms with Crippen LogP contribution in [-0.2, 0) is 5.88 Å². The van der Waals surface area contributed by atoms with Crippen LogP contribution in [0.15, 0.2) is 36.0 Å². The minimum atomic E-state index is 0.343. The fourth-order valence-corrected chi connectivity index (χ4v) is 3.35. The molecular weight excluding hydrogens is 304 g/mol. The summed E-state index contributed by atoms with van der Waals surface area (Å²) in [4.78, 5) is 13.4. The summed E-state index contributed by atoms with van der Waals surface area (Å²) in [6.07, 6.45) is 1.85. The summed E-state index contributed by atoms with van der Waals surface area (Å²) in [6.45, 7) is 2.01. The standard InChI is InChI=1S/C15H11ClN4S/c1-9-4-12-15(17-7-9)20(14(6-16)19-12)10-2-3-11-13(5-10)21-8-18-11/h2-5,7-8H,6H2,1H3. The van der Waals surface area contributed by atoms with Gasteiger partial charge in [-0.15, -0.1) is 22.9 Å². The van der Waals surface area contributed by atoms with Crippen LogP contribution in [-0.4, -0.2) is 19.5 Å². The van der Waals surface area contributed by atoms with Gasteiger partial charge in [0.15, 0.2) is 5.65 Å². The summed E-state index contributed by atoms with van der Waals surface area (Å²) >= 11 is 7.69. The molecule has 0 aliphatic rings. The molecule has 0 N–H and O–H groups in total. The van der Waals surface area contributed by atoms with Crippen molar-refractivity contribution in [1.82, 2.24) is 19.5 Å². The smallest absolute Gasteiger partial charge is 0.164 e. The van der Waals surface area contributed by atoms with E-state index >= 15 is 0 Å². The van der Waals surface area contributed by atoms with Gasteiger partial charge >= 0.3 is 0 Å². The number of hydrogen-bond acceptors (Lipinski definition) is 4. The molecule has 6 heteroatoms. The maximum atomic E-state index is 6.07. The molecule has 0 saturated carbocycles. The zero-order valence-corrected chi connectivity index (χ0v) is 12.8. The van der Waals surface area contributed by atoms with Crippen LogP contribution in [0.4, 0.5) is 0 Å². The SMILES string of the molecule is Cc1cnc2c(c1)nc(CCl)n2-c1ccc2ncsc2c1. The highest BCUT2D eigenvalue weighted by Gasteiger charge is 2.13. The van der Waals surface area contributed by atoms with Crippen molar-refractivity contribution < 1.29 is 0 Å². The molecule has 4 aromatic rings. The molecule has 1 aromatic carbocycles. The number of hydrogen-bond donors (Lipinski definition) is 0. The van der Waals surface area contributed by atoms with Crippen LogP contribution in [0.1, 0.15) is 11.4 Å². The maximum Gasteiger partial charge on any atom is 0.164 e. The Hall–Kier alpha value is -1.98. The predicted molar refractivity (Wildman–Crippen MR) is 86.3 cm³/mol. The molecule has 0 unspecified atom stereocenters. The van der Waals surface area contributed by atoms with Gasteiger partial charge < -0.3 is 0 Å². The molecule has 3 aromatic heterocycles. The highest BCUT2D eigenvalue weighted by molar-refractivity contribution is 7.16. The van der Waals surface area contributed by atoms with Gasteiger partial charge in [0, 0.05) is 6.20 Å². The van der Waals surface area contributed by atoms with Crippen molar-refractivity contribution in [2.75, 3.05) is 0 Å². The van der Waals surface area contributed by atoms with Crippen LogP contribution in [0.2, 0.25) is 0 Å². The molecule has 0 amide bonds. The second-order valence-corrected chi connectivity index (χ2v) is 6.01. The molecule has 104 valence electrons. The lowest BCUT2D eigenvalue weighted by Gasteiger charge is -2.07. The molecule has 0 aliphatic carbocycles. The number of alkyl halides is 1. The summed E-state index contributed by atoms with van der Waals surface area (Å²) in [7, 11) is 0. The molecule has 0 bridgehead atoms. The summed E-state index contributed by atoms with van der Waals surface area (Å²) in [5.41, 5.74) is 6.66. The predicted octanol–water partition coefficient (Wildman–Crippen LogP) is 4.08. The number of thiazole rings is 1. The molecule has 0 fully saturated rings. The van der Waals surface area contributed by atoms with Crippen molar-refractivity contribution in [2.24, 2.45) is 0 Å². The van der Waals surface area contributed by atoms with Crippen LogP contribution < -0.4 is 0 Å². The monoisotopic (exact) mass is 314 g/mol. The zero-order chi connectivity index (χ0) is 14.4. The van der Waals surface area contributed by atoms with Crippen LogP contribution in [0, 0.1) is 6.92 Å². The first-order valence-electron chi connectivity index (χ1n) is 6.50. The van der Waals surface area contributed by atoms with E-state index in [0.717, 1.165) is 38.5 Å². The quantitative estimate of drug-likeness (QED) is 0.524. The van der Waals surface area contributed by atoms with E-state index in [9.17, 15) is 0 Å². The number of nitrogens with zero attached hydrogens (tertiary/aromatic N) is 4. The lowest BCUT2D eigenvalue weighted by Crippen LogP contribution is -2.00. The number of halogens is 1. The Bertz CT molecular complexity index is 957. The van der Waals surface area contributed by atoms with Crippen LogP contribution in [0.3, 0.4) is 0 Å². The van der Waals surface area contributed by atoms with Crippen LogP contribution in [0.25, 0.3) is 27.1 Å². The normalized spacial score (nSPS) is 11.5. The van der Waals surface area contributed by atoms with Crippen molar-refractivity contribution in [1.29, 1.82) is 0 Å². The lowest BCUT2D eigenvalue weighted by atomic mass is 10.3. The Morgan fingerprint density at radius 2 is 2.10 bits per heavy atom. The Kier molecular flexibility index (Phi) is 2.90. The second-order valence-electron chi connectivity index (χ2n) is 4.86. The van der Waals surface area contributed by atoms with Gasteiger partial charge in [0.05, 0.1) is 27.3 Å². The molecular formula is C15H11ClN4S. The number of aromatic nitrogens is 4. The third-order valence-corrected chi connectivity index (χ3v) is 4.43. The Labute approximate surface area is 130 Å². The molecule has 0 spiro atoms. The highest BCUT2D eigenvalue weighted by Crippen LogP contribution is 2.26. The molecule has 21 heavy (non-hydrogen) atoms. The van der Waals surface area contributed by atoms with E-state index in [4.69, 9.17) is 11.6 Å². The summed E-state index contributed by atoms with van der Waals surface area (Å²) in [5, 5.41) is 0. The van der Waals surface area contributed by atoms with E-state index < -0.39 is 0 Å². The zero-order valence-electron chi connectivity index (χ0n) is 11.2. The van der Waals surface area contributed by atoms with Crippen molar-refractivity contribution in [3.63, 3.8) is 0 Å². The fraction of sp³-hybridized carbons (Fsp3) is 0.133. The van der Waals surface area contributed by atoms with E-state index in [-0.39, 0.29) is 0 Å². The third kappa shape index (κ3) is 2.01. The number of aryl methyl sites for hydroxylation is 1. The van der Waals surface area contributed by atoms with Gasteiger partial charge in [-0.05, 0) is 36.8 Å². The maximum absolute atomic E-state index is 6.07. The third-order valence-electron chi connectivity index (χ3n) is 3.40. The Morgan fingerprint density at radius 3 is 2.95 bits per heavy atom. The van der Waals surface area contributed by atoms with E-state index in [1.54, 1.807) is 11.3 Å². The molecule has 0 aliphatic heterocycles. The molecule has 4 rings (SSSR count). The summed E-state index contributed by atoms with van der Waals surface area (Å²) in [6, 6.07) is 8.17. The van der Waals surface area contributed by atoms with Crippen LogP contribution >= 0.6 is 22.9 Å². The van der Waals surface area contributed by atoms with E-state index in [1.165, 1.54) is 0 Å².